The number of nitrogens with two attached hydrogens (primary N) is 1. The quantitative estimate of drug-likeness (QED) is 0.856. The third-order valence-electron chi connectivity index (χ3n) is 3.95. The molecular weight excluding hydrogens is 314 g/mol. The van der Waals surface area contributed by atoms with Crippen LogP contribution in [0.5, 0.6) is 0 Å². The van der Waals surface area contributed by atoms with E-state index in [1.807, 2.05) is 43.0 Å². The Morgan fingerprint density at radius 3 is 2.30 bits per heavy atom. The first-order valence-corrected chi connectivity index (χ1v) is 8.02. The predicted molar refractivity (Wildman–Crippen MR) is 95.0 cm³/mol. The highest BCUT2D eigenvalue weighted by Crippen LogP contribution is 2.10. The second kappa shape index (κ2) is 9.88. The van der Waals surface area contributed by atoms with Crippen LogP contribution in [0.15, 0.2) is 24.3 Å². The van der Waals surface area contributed by atoms with E-state index in [0.717, 1.165) is 50.5 Å². The van der Waals surface area contributed by atoms with Crippen LogP contribution in [0.3, 0.4) is 0 Å². The van der Waals surface area contributed by atoms with Crippen LogP contribution in [0.25, 0.3) is 0 Å². The molecule has 0 atom stereocenters. The Kier molecular flexibility index (Phi) is 8.55. The van der Waals surface area contributed by atoms with Crippen molar-refractivity contribution in [2.24, 2.45) is 5.73 Å². The topological polar surface area (TPSA) is 58.8 Å². The van der Waals surface area contributed by atoms with Gasteiger partial charge in [0.1, 0.15) is 0 Å². The number of hydrogen-bond acceptors (Lipinski definition) is 4. The van der Waals surface area contributed by atoms with E-state index in [1.54, 1.807) is 0 Å². The summed E-state index contributed by atoms with van der Waals surface area (Å²) in [6.45, 7) is 9.67. The van der Waals surface area contributed by atoms with E-state index in [0.29, 0.717) is 6.54 Å². The molecule has 23 heavy (non-hydrogen) atoms. The van der Waals surface area contributed by atoms with Gasteiger partial charge in [0.25, 0.3) is 5.91 Å². The molecule has 2 rings (SSSR count). The summed E-state index contributed by atoms with van der Waals surface area (Å²) in [5.41, 5.74) is 7.37. The monoisotopic (exact) mass is 341 g/mol. The summed E-state index contributed by atoms with van der Waals surface area (Å²) in [7, 11) is 0. The van der Waals surface area contributed by atoms with Crippen LogP contribution in [-0.4, -0.2) is 61.1 Å². The van der Waals surface area contributed by atoms with Crippen LogP contribution >= 0.6 is 12.4 Å². The third-order valence-corrected chi connectivity index (χ3v) is 3.95. The minimum Gasteiger partial charge on any atom is -0.377 e. The first-order valence-electron chi connectivity index (χ1n) is 8.02. The molecule has 1 aromatic carbocycles. The Hall–Kier alpha value is -1.14. The summed E-state index contributed by atoms with van der Waals surface area (Å²) in [6.07, 6.45) is 0.277. The number of ether oxygens (including phenoxy) is 1. The van der Waals surface area contributed by atoms with Crippen molar-refractivity contribution in [1.82, 2.24) is 9.80 Å². The summed E-state index contributed by atoms with van der Waals surface area (Å²) in [4.78, 5) is 16.7. The maximum absolute atomic E-state index is 12.5. The minimum absolute atomic E-state index is 0. The van der Waals surface area contributed by atoms with Crippen molar-refractivity contribution >= 4 is 18.3 Å². The van der Waals surface area contributed by atoms with Gasteiger partial charge in [-0.15, -0.1) is 12.4 Å². The second-order valence-corrected chi connectivity index (χ2v) is 5.95. The minimum atomic E-state index is 0. The van der Waals surface area contributed by atoms with E-state index in [2.05, 4.69) is 4.90 Å². The van der Waals surface area contributed by atoms with Crippen LogP contribution in [0.1, 0.15) is 29.8 Å². The average Bonchev–Trinajstić information content (AvgIpc) is 2.54. The van der Waals surface area contributed by atoms with Crippen molar-refractivity contribution in [2.75, 3.05) is 39.3 Å². The number of hydrogen-bond donors (Lipinski definition) is 1. The molecule has 0 aromatic heterocycles. The van der Waals surface area contributed by atoms with Crippen LogP contribution in [-0.2, 0) is 11.3 Å². The Morgan fingerprint density at radius 2 is 1.78 bits per heavy atom. The lowest BCUT2D eigenvalue weighted by molar-refractivity contribution is 0.0407. The fourth-order valence-corrected chi connectivity index (χ4v) is 2.56. The molecule has 0 saturated carbocycles. The Balaban J connectivity index is 0.00000264. The molecule has 1 aliphatic rings. The number of carbonyl (C=O) groups is 1. The fraction of sp³-hybridized carbons (Fsp3) is 0.588. The molecule has 0 unspecified atom stereocenters. The molecular formula is C17H28ClN3O2. The number of carbonyl (C=O) groups excluding carboxylic acids is 1. The van der Waals surface area contributed by atoms with Crippen molar-refractivity contribution in [3.05, 3.63) is 35.4 Å². The highest BCUT2D eigenvalue weighted by molar-refractivity contribution is 5.94. The second-order valence-electron chi connectivity index (χ2n) is 5.95. The van der Waals surface area contributed by atoms with Gasteiger partial charge in [0, 0.05) is 44.8 Å². The van der Waals surface area contributed by atoms with Crippen molar-refractivity contribution in [3.8, 4) is 0 Å². The van der Waals surface area contributed by atoms with Crippen LogP contribution < -0.4 is 5.73 Å². The summed E-state index contributed by atoms with van der Waals surface area (Å²) in [5, 5.41) is 0. The van der Waals surface area contributed by atoms with Crippen molar-refractivity contribution in [2.45, 2.75) is 26.5 Å². The van der Waals surface area contributed by atoms with E-state index in [-0.39, 0.29) is 24.4 Å². The molecule has 130 valence electrons. The molecule has 1 aromatic rings. The van der Waals surface area contributed by atoms with E-state index in [4.69, 9.17) is 10.5 Å². The summed E-state index contributed by atoms with van der Waals surface area (Å²) < 4.78 is 5.58. The Labute approximate surface area is 145 Å². The Morgan fingerprint density at radius 1 is 1.17 bits per heavy atom. The number of benzene rings is 1. The van der Waals surface area contributed by atoms with E-state index in [1.165, 1.54) is 0 Å². The maximum Gasteiger partial charge on any atom is 0.253 e. The highest BCUT2D eigenvalue weighted by Gasteiger charge is 2.21. The Bertz CT molecular complexity index is 471. The molecule has 0 radical (unpaired) electrons. The van der Waals surface area contributed by atoms with Gasteiger partial charge in [-0.3, -0.25) is 9.69 Å². The molecule has 1 aliphatic heterocycles. The van der Waals surface area contributed by atoms with Crippen LogP contribution in [0.2, 0.25) is 0 Å². The molecule has 0 spiro atoms. The number of halogens is 1. The van der Waals surface area contributed by atoms with Gasteiger partial charge in [-0.05, 0) is 31.5 Å². The number of piperazine rings is 1. The van der Waals surface area contributed by atoms with Gasteiger partial charge in [-0.1, -0.05) is 12.1 Å². The zero-order chi connectivity index (χ0) is 15.9. The number of nitrogens with zero attached hydrogens (tertiary/aromatic N) is 2. The summed E-state index contributed by atoms with van der Waals surface area (Å²) >= 11 is 0. The summed E-state index contributed by atoms with van der Waals surface area (Å²) in [6, 6.07) is 7.58. The zero-order valence-corrected chi connectivity index (χ0v) is 14.8. The molecule has 5 nitrogen and oxygen atoms in total. The van der Waals surface area contributed by atoms with Crippen LogP contribution in [0, 0.1) is 0 Å². The number of rotatable bonds is 6. The lowest BCUT2D eigenvalue weighted by atomic mass is 10.1. The molecule has 6 heteroatoms. The van der Waals surface area contributed by atoms with E-state index < -0.39 is 0 Å². The maximum atomic E-state index is 12.5. The molecule has 0 bridgehead atoms. The third kappa shape index (κ3) is 6.11. The first kappa shape index (κ1) is 19.9. The van der Waals surface area contributed by atoms with Crippen molar-refractivity contribution in [1.29, 1.82) is 0 Å². The predicted octanol–water partition coefficient (Wildman–Crippen LogP) is 1.75. The molecule has 1 amide bonds. The van der Waals surface area contributed by atoms with Crippen molar-refractivity contribution < 1.29 is 9.53 Å². The first-order chi connectivity index (χ1) is 10.6. The normalized spacial score (nSPS) is 15.6. The molecule has 1 heterocycles. The largest absolute Gasteiger partial charge is 0.377 e. The molecule has 1 saturated heterocycles. The molecule has 2 N–H and O–H groups in total. The molecule has 1 fully saturated rings. The summed E-state index contributed by atoms with van der Waals surface area (Å²) in [5.74, 6) is 0.113. The lowest BCUT2D eigenvalue weighted by Gasteiger charge is -2.34. The van der Waals surface area contributed by atoms with Crippen LogP contribution in [0.4, 0.5) is 0 Å². The smallest absolute Gasteiger partial charge is 0.253 e. The molecule has 0 aliphatic carbocycles. The zero-order valence-electron chi connectivity index (χ0n) is 14.0. The van der Waals surface area contributed by atoms with Gasteiger partial charge >= 0.3 is 0 Å². The lowest BCUT2D eigenvalue weighted by Crippen LogP contribution is -2.49. The SMILES string of the molecule is CC(C)OCCN1CCN(C(=O)c2ccc(CN)cc2)CC1.Cl. The number of amides is 1. The van der Waals surface area contributed by atoms with Crippen molar-refractivity contribution in [3.63, 3.8) is 0 Å². The highest BCUT2D eigenvalue weighted by atomic mass is 35.5. The van der Waals surface area contributed by atoms with E-state index in [9.17, 15) is 4.79 Å². The van der Waals surface area contributed by atoms with Gasteiger partial charge in [0.05, 0.1) is 12.7 Å². The van der Waals surface area contributed by atoms with Gasteiger partial charge in [-0.2, -0.15) is 0 Å². The van der Waals surface area contributed by atoms with Gasteiger partial charge in [-0.25, -0.2) is 0 Å². The standard InChI is InChI=1S/C17H27N3O2.ClH/c1-14(2)22-12-11-19-7-9-20(10-8-19)17(21)16-5-3-15(13-18)4-6-16;/h3-6,14H,7-13,18H2,1-2H3;1H. The fourth-order valence-electron chi connectivity index (χ4n) is 2.56. The van der Waals surface area contributed by atoms with Gasteiger partial charge in [0.2, 0.25) is 0 Å². The van der Waals surface area contributed by atoms with Gasteiger partial charge in [0.15, 0.2) is 0 Å². The van der Waals surface area contributed by atoms with Gasteiger partial charge < -0.3 is 15.4 Å². The average molecular weight is 342 g/mol. The van der Waals surface area contributed by atoms with E-state index >= 15 is 0 Å².